The molecule has 0 spiro atoms. The van der Waals surface area contributed by atoms with Gasteiger partial charge in [-0.25, -0.2) is 0 Å². The summed E-state index contributed by atoms with van der Waals surface area (Å²) in [6, 6.07) is 8.10. The molecule has 0 fully saturated rings. The fourth-order valence-electron chi connectivity index (χ4n) is 3.58. The number of hydrogen-bond acceptors (Lipinski definition) is 3. The third kappa shape index (κ3) is 3.50. The minimum Gasteiger partial charge on any atom is -0.385 e. The molecular formula is C19H26ClN3O. The Morgan fingerprint density at radius 1 is 1.12 bits per heavy atom. The lowest BCUT2D eigenvalue weighted by Gasteiger charge is -2.30. The molecule has 1 aromatic carbocycles. The maximum atomic E-state index is 6.09. The van der Waals surface area contributed by atoms with Crippen LogP contribution in [-0.2, 0) is 23.1 Å². The van der Waals surface area contributed by atoms with E-state index in [1.54, 1.807) is 7.11 Å². The number of hydrogen-bond donors (Lipinski definition) is 0. The predicted molar refractivity (Wildman–Crippen MR) is 96.6 cm³/mol. The number of aryl methyl sites for hydroxylation is 1. The molecular weight excluding hydrogens is 322 g/mol. The Kier molecular flexibility index (Phi) is 5.57. The largest absolute Gasteiger partial charge is 0.385 e. The number of rotatable bonds is 5. The van der Waals surface area contributed by atoms with Crippen LogP contribution in [0.25, 0.3) is 0 Å². The highest BCUT2D eigenvalue weighted by atomic mass is 35.5. The van der Waals surface area contributed by atoms with Crippen LogP contribution in [0.1, 0.15) is 56.2 Å². The summed E-state index contributed by atoms with van der Waals surface area (Å²) in [7, 11) is 1.75. The van der Waals surface area contributed by atoms with E-state index in [9.17, 15) is 0 Å². The molecule has 1 aliphatic rings. The number of benzene rings is 1. The predicted octanol–water partition coefficient (Wildman–Crippen LogP) is 4.39. The second-order valence-corrected chi connectivity index (χ2v) is 7.27. The molecule has 24 heavy (non-hydrogen) atoms. The third-order valence-corrected chi connectivity index (χ3v) is 5.39. The van der Waals surface area contributed by atoms with Gasteiger partial charge in [-0.15, -0.1) is 10.2 Å². The standard InChI is InChI=1S/C19H26ClN3O/c1-19(12-14-24-2,15-8-10-16(20)11-9-15)18-22-21-17-7-5-3-4-6-13-23(17)18/h8-11H,3-7,12-14H2,1-2H3. The fraction of sp³-hybridized carbons (Fsp3) is 0.579. The lowest BCUT2D eigenvalue weighted by molar-refractivity contribution is 0.175. The highest BCUT2D eigenvalue weighted by Crippen LogP contribution is 2.36. The van der Waals surface area contributed by atoms with E-state index in [4.69, 9.17) is 16.3 Å². The molecule has 0 saturated carbocycles. The Bertz CT molecular complexity index is 668. The number of halogens is 1. The van der Waals surface area contributed by atoms with Gasteiger partial charge in [0.15, 0.2) is 0 Å². The molecule has 2 aromatic rings. The van der Waals surface area contributed by atoms with Gasteiger partial charge in [0.2, 0.25) is 0 Å². The number of aromatic nitrogens is 3. The molecule has 1 atom stereocenters. The van der Waals surface area contributed by atoms with Crippen molar-refractivity contribution in [2.45, 2.75) is 57.4 Å². The zero-order valence-electron chi connectivity index (χ0n) is 14.6. The molecule has 1 aliphatic heterocycles. The normalized spacial score (nSPS) is 17.6. The Balaban J connectivity index is 2.04. The molecule has 0 aliphatic carbocycles. The van der Waals surface area contributed by atoms with Crippen molar-refractivity contribution in [1.82, 2.24) is 14.8 Å². The van der Waals surface area contributed by atoms with Crippen LogP contribution in [0, 0.1) is 0 Å². The molecule has 4 nitrogen and oxygen atoms in total. The summed E-state index contributed by atoms with van der Waals surface area (Å²) in [5, 5.41) is 9.91. The van der Waals surface area contributed by atoms with E-state index in [-0.39, 0.29) is 5.41 Å². The van der Waals surface area contributed by atoms with Crippen molar-refractivity contribution in [2.75, 3.05) is 13.7 Å². The summed E-state index contributed by atoms with van der Waals surface area (Å²) in [6.45, 7) is 3.93. The summed E-state index contributed by atoms with van der Waals surface area (Å²) in [5.41, 5.74) is 0.978. The highest BCUT2D eigenvalue weighted by molar-refractivity contribution is 6.30. The molecule has 1 unspecified atom stereocenters. The molecule has 0 radical (unpaired) electrons. The highest BCUT2D eigenvalue weighted by Gasteiger charge is 2.35. The number of fused-ring (bicyclic) bond motifs is 1. The van der Waals surface area contributed by atoms with Crippen molar-refractivity contribution in [1.29, 1.82) is 0 Å². The van der Waals surface area contributed by atoms with Gasteiger partial charge in [-0.05, 0) is 43.9 Å². The maximum Gasteiger partial charge on any atom is 0.143 e. The lowest BCUT2D eigenvalue weighted by atomic mass is 9.78. The maximum absolute atomic E-state index is 6.09. The number of methoxy groups -OCH3 is 1. The van der Waals surface area contributed by atoms with E-state index in [0.717, 1.165) is 36.1 Å². The molecule has 1 aromatic heterocycles. The van der Waals surface area contributed by atoms with Crippen LogP contribution < -0.4 is 0 Å². The zero-order chi connectivity index (χ0) is 17.0. The van der Waals surface area contributed by atoms with E-state index in [1.807, 2.05) is 12.1 Å². The summed E-state index contributed by atoms with van der Waals surface area (Å²) in [5.74, 6) is 2.18. The summed E-state index contributed by atoms with van der Waals surface area (Å²) in [6.07, 6.45) is 6.86. The van der Waals surface area contributed by atoms with Gasteiger partial charge < -0.3 is 9.30 Å². The first-order chi connectivity index (χ1) is 11.6. The SMILES string of the molecule is COCCC(C)(c1ccc(Cl)cc1)c1nnc2n1CCCCCC2. The monoisotopic (exact) mass is 347 g/mol. The molecule has 0 bridgehead atoms. The van der Waals surface area contributed by atoms with Gasteiger partial charge in [0.1, 0.15) is 11.6 Å². The van der Waals surface area contributed by atoms with Crippen molar-refractivity contribution in [3.05, 3.63) is 46.5 Å². The van der Waals surface area contributed by atoms with Crippen LogP contribution in [0.15, 0.2) is 24.3 Å². The van der Waals surface area contributed by atoms with Crippen molar-refractivity contribution in [3.8, 4) is 0 Å². The van der Waals surface area contributed by atoms with Crippen molar-refractivity contribution < 1.29 is 4.74 Å². The zero-order valence-corrected chi connectivity index (χ0v) is 15.4. The van der Waals surface area contributed by atoms with Crippen LogP contribution in [0.4, 0.5) is 0 Å². The molecule has 2 heterocycles. The third-order valence-electron chi connectivity index (χ3n) is 5.14. The van der Waals surface area contributed by atoms with Gasteiger partial charge in [-0.1, -0.05) is 36.6 Å². The second-order valence-electron chi connectivity index (χ2n) is 6.84. The smallest absolute Gasteiger partial charge is 0.143 e. The minimum atomic E-state index is -0.231. The van der Waals surface area contributed by atoms with E-state index in [0.29, 0.717) is 6.61 Å². The molecule has 3 rings (SSSR count). The van der Waals surface area contributed by atoms with Crippen molar-refractivity contribution in [2.24, 2.45) is 0 Å². The fourth-order valence-corrected chi connectivity index (χ4v) is 3.71. The van der Waals surface area contributed by atoms with Crippen LogP contribution >= 0.6 is 11.6 Å². The van der Waals surface area contributed by atoms with Crippen LogP contribution in [0.5, 0.6) is 0 Å². The van der Waals surface area contributed by atoms with E-state index < -0.39 is 0 Å². The Morgan fingerprint density at radius 2 is 1.88 bits per heavy atom. The van der Waals surface area contributed by atoms with Crippen LogP contribution in [0.2, 0.25) is 5.02 Å². The summed E-state index contributed by atoms with van der Waals surface area (Å²) in [4.78, 5) is 0. The topological polar surface area (TPSA) is 39.9 Å². The molecule has 0 saturated heterocycles. The van der Waals surface area contributed by atoms with Gasteiger partial charge in [-0.3, -0.25) is 0 Å². The summed E-state index contributed by atoms with van der Waals surface area (Å²) < 4.78 is 7.74. The molecule has 5 heteroatoms. The first-order valence-electron chi connectivity index (χ1n) is 8.83. The van der Waals surface area contributed by atoms with Gasteiger partial charge in [0, 0.05) is 31.7 Å². The molecule has 0 N–H and O–H groups in total. The van der Waals surface area contributed by atoms with Gasteiger partial charge >= 0.3 is 0 Å². The first-order valence-corrected chi connectivity index (χ1v) is 9.20. The molecule has 130 valence electrons. The van der Waals surface area contributed by atoms with E-state index >= 15 is 0 Å². The van der Waals surface area contributed by atoms with Crippen molar-refractivity contribution >= 4 is 11.6 Å². The van der Waals surface area contributed by atoms with Gasteiger partial charge in [0.05, 0.1) is 5.41 Å². The number of ether oxygens (including phenoxy) is 1. The summed E-state index contributed by atoms with van der Waals surface area (Å²) >= 11 is 6.09. The lowest BCUT2D eigenvalue weighted by Crippen LogP contribution is -2.30. The van der Waals surface area contributed by atoms with Gasteiger partial charge in [-0.2, -0.15) is 0 Å². The minimum absolute atomic E-state index is 0.231. The Labute approximate surface area is 149 Å². The van der Waals surface area contributed by atoms with Crippen LogP contribution in [0.3, 0.4) is 0 Å². The average Bonchev–Trinajstić information content (AvgIpc) is 2.95. The quantitative estimate of drug-likeness (QED) is 0.805. The Morgan fingerprint density at radius 3 is 2.62 bits per heavy atom. The average molecular weight is 348 g/mol. The molecule has 0 amide bonds. The van der Waals surface area contributed by atoms with Gasteiger partial charge in [0.25, 0.3) is 0 Å². The Hall–Kier alpha value is -1.39. The van der Waals surface area contributed by atoms with E-state index in [1.165, 1.54) is 31.2 Å². The second kappa shape index (κ2) is 7.66. The van der Waals surface area contributed by atoms with E-state index in [2.05, 4.69) is 33.8 Å². The number of nitrogens with zero attached hydrogens (tertiary/aromatic N) is 3. The van der Waals surface area contributed by atoms with Crippen molar-refractivity contribution in [3.63, 3.8) is 0 Å². The van der Waals surface area contributed by atoms with Crippen LogP contribution in [-0.4, -0.2) is 28.5 Å². The first kappa shape index (κ1) is 17.4.